The van der Waals surface area contributed by atoms with Crippen molar-refractivity contribution in [3.05, 3.63) is 71.3 Å². The fourth-order valence-corrected chi connectivity index (χ4v) is 2.41. The number of carbonyl (C=O) groups is 3. The van der Waals surface area contributed by atoms with Crippen LogP contribution in [0.5, 0.6) is 0 Å². The van der Waals surface area contributed by atoms with E-state index in [2.05, 4.69) is 10.6 Å². The van der Waals surface area contributed by atoms with Gasteiger partial charge in [-0.2, -0.15) is 0 Å². The standard InChI is InChI=1S/C20H22N2O5/c1-3-21-20(25)22-18(23)17(15-9-5-4-6-10-15)27-19(24)16-11-7-8-14(12-16)13-26-2/h4-12,17H,3,13H2,1-2H3,(H2,21,22,23,25)/t17-/m0/s1. The van der Waals surface area contributed by atoms with Gasteiger partial charge in [0.25, 0.3) is 5.91 Å². The van der Waals surface area contributed by atoms with Crippen molar-refractivity contribution in [3.63, 3.8) is 0 Å². The van der Waals surface area contributed by atoms with Crippen LogP contribution in [0, 0.1) is 0 Å². The number of ether oxygens (including phenoxy) is 2. The minimum atomic E-state index is -1.26. The van der Waals surface area contributed by atoms with E-state index in [0.717, 1.165) is 5.56 Å². The Morgan fingerprint density at radius 3 is 2.44 bits per heavy atom. The molecular formula is C20H22N2O5. The fraction of sp³-hybridized carbons (Fsp3) is 0.250. The molecule has 0 bridgehead atoms. The zero-order valence-corrected chi connectivity index (χ0v) is 15.2. The smallest absolute Gasteiger partial charge is 0.339 e. The molecule has 142 valence electrons. The number of rotatable bonds is 7. The first-order chi connectivity index (χ1) is 13.0. The number of hydrogen-bond acceptors (Lipinski definition) is 5. The lowest BCUT2D eigenvalue weighted by molar-refractivity contribution is -0.129. The number of esters is 1. The number of imide groups is 1. The Balaban J connectivity index is 2.21. The molecule has 27 heavy (non-hydrogen) atoms. The summed E-state index contributed by atoms with van der Waals surface area (Å²) in [7, 11) is 1.56. The van der Waals surface area contributed by atoms with Crippen molar-refractivity contribution in [2.75, 3.05) is 13.7 Å². The Morgan fingerprint density at radius 2 is 1.78 bits per heavy atom. The summed E-state index contributed by atoms with van der Waals surface area (Å²) in [6, 6.07) is 14.6. The molecule has 7 heteroatoms. The molecule has 0 spiro atoms. The Bertz CT molecular complexity index is 792. The summed E-state index contributed by atoms with van der Waals surface area (Å²) in [6.07, 6.45) is -1.26. The molecule has 0 saturated heterocycles. The van der Waals surface area contributed by atoms with Gasteiger partial charge in [-0.1, -0.05) is 42.5 Å². The Hall–Kier alpha value is -3.19. The van der Waals surface area contributed by atoms with E-state index in [0.29, 0.717) is 18.7 Å². The van der Waals surface area contributed by atoms with Gasteiger partial charge in [-0.05, 0) is 24.6 Å². The highest BCUT2D eigenvalue weighted by Crippen LogP contribution is 2.20. The zero-order valence-electron chi connectivity index (χ0n) is 15.2. The molecule has 0 radical (unpaired) electrons. The third kappa shape index (κ3) is 5.93. The molecule has 0 aromatic heterocycles. The van der Waals surface area contributed by atoms with Crippen LogP contribution in [0.2, 0.25) is 0 Å². The normalized spacial score (nSPS) is 11.3. The van der Waals surface area contributed by atoms with Crippen molar-refractivity contribution < 1.29 is 23.9 Å². The van der Waals surface area contributed by atoms with Crippen LogP contribution in [-0.2, 0) is 20.9 Å². The molecule has 0 fully saturated rings. The highest BCUT2D eigenvalue weighted by atomic mass is 16.5. The maximum Gasteiger partial charge on any atom is 0.339 e. The van der Waals surface area contributed by atoms with E-state index in [-0.39, 0.29) is 5.56 Å². The van der Waals surface area contributed by atoms with Gasteiger partial charge in [-0.25, -0.2) is 9.59 Å². The van der Waals surface area contributed by atoms with Crippen LogP contribution in [-0.4, -0.2) is 31.6 Å². The van der Waals surface area contributed by atoms with Gasteiger partial charge in [-0.3, -0.25) is 10.1 Å². The topological polar surface area (TPSA) is 93.7 Å². The fourth-order valence-electron chi connectivity index (χ4n) is 2.41. The maximum atomic E-state index is 12.6. The minimum Gasteiger partial charge on any atom is -0.444 e. The average molecular weight is 370 g/mol. The van der Waals surface area contributed by atoms with Crippen LogP contribution in [0.3, 0.4) is 0 Å². The first-order valence-corrected chi connectivity index (χ1v) is 8.47. The van der Waals surface area contributed by atoms with Gasteiger partial charge < -0.3 is 14.8 Å². The molecule has 2 N–H and O–H groups in total. The second-order valence-corrected chi connectivity index (χ2v) is 5.68. The van der Waals surface area contributed by atoms with Crippen LogP contribution in [0.15, 0.2) is 54.6 Å². The Kier molecular flexibility index (Phi) is 7.51. The van der Waals surface area contributed by atoms with Crippen molar-refractivity contribution >= 4 is 17.9 Å². The summed E-state index contributed by atoms with van der Waals surface area (Å²) in [6.45, 7) is 2.44. The summed E-state index contributed by atoms with van der Waals surface area (Å²) in [5.41, 5.74) is 1.55. The lowest BCUT2D eigenvalue weighted by atomic mass is 10.1. The van der Waals surface area contributed by atoms with Gasteiger partial charge in [-0.15, -0.1) is 0 Å². The third-order valence-corrected chi connectivity index (χ3v) is 3.61. The zero-order chi connectivity index (χ0) is 19.6. The predicted molar refractivity (Wildman–Crippen MR) is 99.0 cm³/mol. The average Bonchev–Trinajstić information content (AvgIpc) is 2.67. The monoisotopic (exact) mass is 370 g/mol. The molecule has 1 atom stereocenters. The lowest BCUT2D eigenvalue weighted by Gasteiger charge is -2.18. The molecule has 3 amide bonds. The first-order valence-electron chi connectivity index (χ1n) is 8.47. The number of nitrogens with one attached hydrogen (secondary N) is 2. The molecule has 2 aromatic carbocycles. The third-order valence-electron chi connectivity index (χ3n) is 3.61. The van der Waals surface area contributed by atoms with E-state index >= 15 is 0 Å². The molecular weight excluding hydrogens is 348 g/mol. The van der Waals surface area contributed by atoms with Gasteiger partial charge >= 0.3 is 12.0 Å². The first kappa shape index (κ1) is 20.1. The summed E-state index contributed by atoms with van der Waals surface area (Å²) in [5.74, 6) is -1.40. The SMILES string of the molecule is CCNC(=O)NC(=O)[C@@H](OC(=O)c1cccc(COC)c1)c1ccccc1. The van der Waals surface area contributed by atoms with Crippen molar-refractivity contribution in [2.24, 2.45) is 0 Å². The van der Waals surface area contributed by atoms with E-state index in [1.54, 1.807) is 62.6 Å². The predicted octanol–water partition coefficient (Wildman–Crippen LogP) is 2.58. The number of carbonyl (C=O) groups excluding carboxylic acids is 3. The lowest BCUT2D eigenvalue weighted by Crippen LogP contribution is -2.42. The van der Waals surface area contributed by atoms with Crippen LogP contribution >= 0.6 is 0 Å². The highest BCUT2D eigenvalue weighted by Gasteiger charge is 2.27. The van der Waals surface area contributed by atoms with E-state index in [1.807, 2.05) is 6.07 Å². The number of hydrogen-bond donors (Lipinski definition) is 2. The number of benzene rings is 2. The Morgan fingerprint density at radius 1 is 1.04 bits per heavy atom. The van der Waals surface area contributed by atoms with Gasteiger partial charge in [0.05, 0.1) is 12.2 Å². The van der Waals surface area contributed by atoms with Crippen molar-refractivity contribution in [2.45, 2.75) is 19.6 Å². The molecule has 2 rings (SSSR count). The van der Waals surface area contributed by atoms with E-state index in [1.165, 1.54) is 0 Å². The van der Waals surface area contributed by atoms with E-state index < -0.39 is 24.0 Å². The van der Waals surface area contributed by atoms with Gasteiger partial charge in [0, 0.05) is 19.2 Å². The van der Waals surface area contributed by atoms with Gasteiger partial charge in [0.2, 0.25) is 6.10 Å². The second kappa shape index (κ2) is 10.1. The largest absolute Gasteiger partial charge is 0.444 e. The summed E-state index contributed by atoms with van der Waals surface area (Å²) in [5, 5.41) is 4.65. The van der Waals surface area contributed by atoms with Crippen LogP contribution in [0.25, 0.3) is 0 Å². The Labute approximate surface area is 157 Å². The summed E-state index contributed by atoms with van der Waals surface area (Å²) >= 11 is 0. The second-order valence-electron chi connectivity index (χ2n) is 5.68. The van der Waals surface area contributed by atoms with Crippen molar-refractivity contribution in [3.8, 4) is 0 Å². The van der Waals surface area contributed by atoms with Crippen molar-refractivity contribution in [1.82, 2.24) is 10.6 Å². The van der Waals surface area contributed by atoms with Crippen LogP contribution in [0.4, 0.5) is 4.79 Å². The molecule has 0 aliphatic rings. The summed E-state index contributed by atoms with van der Waals surface area (Å²) in [4.78, 5) is 36.7. The highest BCUT2D eigenvalue weighted by molar-refractivity contribution is 5.99. The van der Waals surface area contributed by atoms with Crippen LogP contribution < -0.4 is 10.6 Å². The molecule has 0 saturated carbocycles. The van der Waals surface area contributed by atoms with Gasteiger partial charge in [0.1, 0.15) is 0 Å². The summed E-state index contributed by atoms with van der Waals surface area (Å²) < 4.78 is 10.5. The molecule has 2 aromatic rings. The van der Waals surface area contributed by atoms with Crippen LogP contribution in [0.1, 0.15) is 34.5 Å². The molecule has 0 aliphatic carbocycles. The number of urea groups is 1. The molecule has 0 heterocycles. The molecule has 7 nitrogen and oxygen atoms in total. The number of methoxy groups -OCH3 is 1. The van der Waals surface area contributed by atoms with Crippen molar-refractivity contribution in [1.29, 1.82) is 0 Å². The quantitative estimate of drug-likeness (QED) is 0.731. The minimum absolute atomic E-state index is 0.288. The maximum absolute atomic E-state index is 12.6. The van der Waals surface area contributed by atoms with E-state index in [9.17, 15) is 14.4 Å². The number of amides is 3. The van der Waals surface area contributed by atoms with Gasteiger partial charge in [0.15, 0.2) is 0 Å². The van der Waals surface area contributed by atoms with E-state index in [4.69, 9.17) is 9.47 Å². The molecule has 0 unspecified atom stereocenters. The molecule has 0 aliphatic heterocycles.